The minimum Gasteiger partial charge on any atom is -0.396 e. The molecule has 8 nitrogen and oxygen atoms in total. The third kappa shape index (κ3) is 4.24. The SMILES string of the molecule is Brc1ccn2c(n1)nc1ccccc12.CN(CCCO)c1ccn2c(n1)nc1ccccc12. The third-order valence-corrected chi connectivity index (χ3v) is 5.79. The van der Waals surface area contributed by atoms with Crippen molar-refractivity contribution in [1.82, 2.24) is 28.7 Å². The van der Waals surface area contributed by atoms with E-state index in [2.05, 4.69) is 35.9 Å². The zero-order valence-corrected chi connectivity index (χ0v) is 19.6. The van der Waals surface area contributed by atoms with Gasteiger partial charge in [0.25, 0.3) is 0 Å². The normalized spacial score (nSPS) is 11.2. The van der Waals surface area contributed by atoms with Gasteiger partial charge in [0.05, 0.1) is 22.1 Å². The van der Waals surface area contributed by atoms with Gasteiger partial charge < -0.3 is 10.0 Å². The fourth-order valence-corrected chi connectivity index (χ4v) is 3.98. The van der Waals surface area contributed by atoms with Gasteiger partial charge in [-0.1, -0.05) is 24.3 Å². The molecule has 0 saturated heterocycles. The quantitative estimate of drug-likeness (QED) is 0.360. The number of para-hydroxylation sites is 4. The largest absolute Gasteiger partial charge is 0.396 e. The van der Waals surface area contributed by atoms with Crippen LogP contribution in [0.3, 0.4) is 0 Å². The van der Waals surface area contributed by atoms with Crippen molar-refractivity contribution in [3.63, 3.8) is 0 Å². The molecule has 1 N–H and O–H groups in total. The monoisotopic (exact) mass is 503 g/mol. The molecule has 0 spiro atoms. The maximum atomic E-state index is 8.87. The van der Waals surface area contributed by atoms with E-state index >= 15 is 0 Å². The predicted molar refractivity (Wildman–Crippen MR) is 134 cm³/mol. The lowest BCUT2D eigenvalue weighted by Gasteiger charge is -2.17. The number of halogens is 1. The van der Waals surface area contributed by atoms with E-state index in [0.29, 0.717) is 5.78 Å². The number of rotatable bonds is 4. The lowest BCUT2D eigenvalue weighted by Crippen LogP contribution is -2.20. The lowest BCUT2D eigenvalue weighted by molar-refractivity contribution is 0.290. The minimum absolute atomic E-state index is 0.194. The summed E-state index contributed by atoms with van der Waals surface area (Å²) < 4.78 is 4.76. The highest BCUT2D eigenvalue weighted by molar-refractivity contribution is 9.10. The Morgan fingerprint density at radius 2 is 1.36 bits per heavy atom. The van der Waals surface area contributed by atoms with Gasteiger partial charge in [-0.3, -0.25) is 8.80 Å². The standard InChI is InChI=1S/C14H16N4O.C10H6BrN3/c1-17(8-4-10-19)13-7-9-18-12-6-3-2-5-11(12)15-14(18)16-13;11-9-5-6-14-8-4-2-1-3-7(8)12-10(14)13-9/h2-3,5-7,9,19H,4,8,10H2,1H3;1-6H. The molecule has 4 heterocycles. The number of hydrogen-bond acceptors (Lipinski definition) is 6. The van der Waals surface area contributed by atoms with Gasteiger partial charge >= 0.3 is 0 Å². The van der Waals surface area contributed by atoms with Crippen molar-refractivity contribution < 1.29 is 5.11 Å². The summed E-state index contributed by atoms with van der Waals surface area (Å²) in [4.78, 5) is 19.8. The molecule has 0 aliphatic carbocycles. The first kappa shape index (κ1) is 21.3. The minimum atomic E-state index is 0.194. The van der Waals surface area contributed by atoms with E-state index in [1.165, 1.54) is 0 Å². The summed E-state index contributed by atoms with van der Waals surface area (Å²) in [5, 5.41) is 8.87. The van der Waals surface area contributed by atoms with Crippen molar-refractivity contribution in [3.8, 4) is 0 Å². The Balaban J connectivity index is 0.000000144. The Bertz CT molecular complexity index is 1560. The summed E-state index contributed by atoms with van der Waals surface area (Å²) in [6.07, 6.45) is 4.68. The maximum Gasteiger partial charge on any atom is 0.236 e. The third-order valence-electron chi connectivity index (χ3n) is 5.35. The van der Waals surface area contributed by atoms with Crippen LogP contribution in [0.5, 0.6) is 0 Å². The Morgan fingerprint density at radius 1 is 0.788 bits per heavy atom. The predicted octanol–water partition coefficient (Wildman–Crippen LogP) is 4.35. The Labute approximate surface area is 198 Å². The van der Waals surface area contributed by atoms with Crippen molar-refractivity contribution >= 4 is 55.4 Å². The van der Waals surface area contributed by atoms with Gasteiger partial charge in [0.2, 0.25) is 11.6 Å². The van der Waals surface area contributed by atoms with Gasteiger partial charge in [0.15, 0.2) is 0 Å². The zero-order valence-electron chi connectivity index (χ0n) is 18.0. The number of imidazole rings is 2. The van der Waals surface area contributed by atoms with Crippen molar-refractivity contribution in [3.05, 3.63) is 77.7 Å². The van der Waals surface area contributed by atoms with E-state index in [-0.39, 0.29) is 6.61 Å². The molecule has 0 fully saturated rings. The van der Waals surface area contributed by atoms with Crippen LogP contribution in [0.15, 0.2) is 77.7 Å². The first-order valence-electron chi connectivity index (χ1n) is 10.6. The highest BCUT2D eigenvalue weighted by Gasteiger charge is 2.08. The summed E-state index contributed by atoms with van der Waals surface area (Å²) in [7, 11) is 1.97. The van der Waals surface area contributed by atoms with Crippen LogP contribution in [-0.4, -0.2) is 54.0 Å². The van der Waals surface area contributed by atoms with Gasteiger partial charge in [-0.25, -0.2) is 15.0 Å². The van der Waals surface area contributed by atoms with Crippen LogP contribution < -0.4 is 4.90 Å². The molecule has 0 atom stereocenters. The lowest BCUT2D eigenvalue weighted by atomic mass is 10.3. The van der Waals surface area contributed by atoms with Crippen LogP contribution in [0.4, 0.5) is 5.82 Å². The summed E-state index contributed by atoms with van der Waals surface area (Å²) in [6.45, 7) is 0.972. The highest BCUT2D eigenvalue weighted by atomic mass is 79.9. The number of aromatic nitrogens is 6. The second kappa shape index (κ2) is 9.13. The van der Waals surface area contributed by atoms with Crippen molar-refractivity contribution in [2.75, 3.05) is 25.1 Å². The summed E-state index contributed by atoms with van der Waals surface area (Å²) >= 11 is 3.33. The van der Waals surface area contributed by atoms with Crippen LogP contribution in [0.1, 0.15) is 6.42 Å². The molecule has 4 aromatic heterocycles. The molecule has 9 heteroatoms. The molecule has 0 aliphatic rings. The van der Waals surface area contributed by atoms with Gasteiger partial charge in [-0.2, -0.15) is 4.98 Å². The van der Waals surface area contributed by atoms with Crippen LogP contribution in [0, 0.1) is 0 Å². The number of aliphatic hydroxyl groups excluding tert-OH is 1. The Morgan fingerprint density at radius 3 is 2.00 bits per heavy atom. The van der Waals surface area contributed by atoms with Crippen LogP contribution >= 0.6 is 15.9 Å². The molecule has 166 valence electrons. The van der Waals surface area contributed by atoms with E-state index in [4.69, 9.17) is 5.11 Å². The molecule has 6 rings (SSSR count). The maximum absolute atomic E-state index is 8.87. The van der Waals surface area contributed by atoms with Gasteiger partial charge in [0.1, 0.15) is 10.4 Å². The van der Waals surface area contributed by atoms with E-state index in [1.54, 1.807) is 0 Å². The smallest absolute Gasteiger partial charge is 0.236 e. The van der Waals surface area contributed by atoms with Crippen molar-refractivity contribution in [1.29, 1.82) is 0 Å². The van der Waals surface area contributed by atoms with Crippen LogP contribution in [-0.2, 0) is 0 Å². The van der Waals surface area contributed by atoms with Crippen LogP contribution in [0.25, 0.3) is 33.6 Å². The summed E-state index contributed by atoms with van der Waals surface area (Å²) in [6, 6.07) is 19.9. The van der Waals surface area contributed by atoms with E-state index < -0.39 is 0 Å². The molecule has 0 radical (unpaired) electrons. The average Bonchev–Trinajstić information content (AvgIpc) is 3.39. The molecule has 0 bridgehead atoms. The molecular weight excluding hydrogens is 482 g/mol. The first-order chi connectivity index (χ1) is 16.1. The number of benzene rings is 2. The molecule has 33 heavy (non-hydrogen) atoms. The second-order valence-corrected chi connectivity index (χ2v) is 8.39. The zero-order chi connectivity index (χ0) is 22.8. The number of hydrogen-bond donors (Lipinski definition) is 1. The molecule has 2 aromatic carbocycles. The number of anilines is 1. The average molecular weight is 504 g/mol. The molecular formula is C24H22BrN7O. The van der Waals surface area contributed by atoms with Crippen molar-refractivity contribution in [2.45, 2.75) is 6.42 Å². The molecule has 0 saturated carbocycles. The van der Waals surface area contributed by atoms with Crippen molar-refractivity contribution in [2.24, 2.45) is 0 Å². The van der Waals surface area contributed by atoms with Gasteiger partial charge in [0, 0.05) is 32.6 Å². The Kier molecular flexibility index (Phi) is 5.89. The second-order valence-electron chi connectivity index (χ2n) is 7.58. The number of nitrogens with zero attached hydrogens (tertiary/aromatic N) is 7. The Hall–Kier alpha value is -3.56. The van der Waals surface area contributed by atoms with Crippen LogP contribution in [0.2, 0.25) is 0 Å². The highest BCUT2D eigenvalue weighted by Crippen LogP contribution is 2.18. The number of aliphatic hydroxyl groups is 1. The van der Waals surface area contributed by atoms with Gasteiger partial charge in [-0.15, -0.1) is 0 Å². The fraction of sp³-hybridized carbons (Fsp3) is 0.167. The molecule has 0 amide bonds. The fourth-order valence-electron chi connectivity index (χ4n) is 3.70. The van der Waals surface area contributed by atoms with E-state index in [9.17, 15) is 0 Å². The summed E-state index contributed by atoms with van der Waals surface area (Å²) in [5.74, 6) is 2.30. The first-order valence-corrected chi connectivity index (χ1v) is 11.4. The molecule has 0 unspecified atom stereocenters. The topological polar surface area (TPSA) is 83.8 Å². The van der Waals surface area contributed by atoms with E-state index in [1.807, 2.05) is 93.8 Å². The molecule has 0 aliphatic heterocycles. The summed E-state index contributed by atoms with van der Waals surface area (Å²) in [5.41, 5.74) is 4.07. The molecule has 6 aromatic rings. The number of fused-ring (bicyclic) bond motifs is 6. The van der Waals surface area contributed by atoms with E-state index in [0.717, 1.165) is 51.2 Å². The van der Waals surface area contributed by atoms with Gasteiger partial charge in [-0.05, 0) is 58.7 Å².